The summed E-state index contributed by atoms with van der Waals surface area (Å²) in [4.78, 5) is 18.1. The second kappa shape index (κ2) is 9.58. The first-order valence-corrected chi connectivity index (χ1v) is 12.8. The number of nitrogens with zero attached hydrogens (tertiary/aromatic N) is 1. The number of pyridine rings is 1. The van der Waals surface area contributed by atoms with Gasteiger partial charge in [-0.1, -0.05) is 17.7 Å². The molecular formula is C30H29ClFNO4. The smallest absolute Gasteiger partial charge is 0.339 e. The molecule has 2 heterocycles. The Morgan fingerprint density at radius 2 is 1.97 bits per heavy atom. The monoisotopic (exact) mass is 521 g/mol. The second-order valence-corrected chi connectivity index (χ2v) is 10.6. The predicted octanol–water partition coefficient (Wildman–Crippen LogP) is 7.51. The molecule has 5 rings (SSSR count). The Morgan fingerprint density at radius 3 is 2.70 bits per heavy atom. The molecule has 7 heteroatoms. The summed E-state index contributed by atoms with van der Waals surface area (Å²) in [5, 5.41) is 1.92. The van der Waals surface area contributed by atoms with Crippen LogP contribution in [-0.4, -0.2) is 29.8 Å². The van der Waals surface area contributed by atoms with E-state index in [0.29, 0.717) is 34.1 Å². The van der Waals surface area contributed by atoms with E-state index in [1.165, 1.54) is 6.07 Å². The Kier molecular flexibility index (Phi) is 6.59. The lowest BCUT2D eigenvalue weighted by Crippen LogP contribution is -2.29. The lowest BCUT2D eigenvalue weighted by molar-refractivity contribution is -0.166. The molecule has 0 aliphatic carbocycles. The van der Waals surface area contributed by atoms with Gasteiger partial charge < -0.3 is 14.2 Å². The first-order chi connectivity index (χ1) is 17.6. The highest BCUT2D eigenvalue weighted by molar-refractivity contribution is 6.31. The summed E-state index contributed by atoms with van der Waals surface area (Å²) in [6.07, 6.45) is 1.50. The fourth-order valence-electron chi connectivity index (χ4n) is 5.09. The van der Waals surface area contributed by atoms with Crippen molar-refractivity contribution >= 4 is 39.2 Å². The van der Waals surface area contributed by atoms with Crippen molar-refractivity contribution in [2.75, 3.05) is 13.2 Å². The lowest BCUT2D eigenvalue weighted by atomic mass is 9.85. The lowest BCUT2D eigenvalue weighted by Gasteiger charge is -2.30. The van der Waals surface area contributed by atoms with Crippen LogP contribution in [0.1, 0.15) is 50.5 Å². The zero-order valence-corrected chi connectivity index (χ0v) is 22.3. The van der Waals surface area contributed by atoms with Crippen LogP contribution in [0.4, 0.5) is 4.39 Å². The quantitative estimate of drug-likeness (QED) is 0.254. The molecule has 0 saturated carbocycles. The van der Waals surface area contributed by atoms with E-state index in [1.807, 2.05) is 45.9 Å². The van der Waals surface area contributed by atoms with E-state index in [4.69, 9.17) is 30.8 Å². The van der Waals surface area contributed by atoms with E-state index in [-0.39, 0.29) is 11.6 Å². The molecule has 1 aromatic heterocycles. The van der Waals surface area contributed by atoms with Gasteiger partial charge in [-0.15, -0.1) is 0 Å². The van der Waals surface area contributed by atoms with Crippen LogP contribution in [0.5, 0.6) is 5.75 Å². The SMILES string of the molecule is CCOC(=O)[C@@H](OC(C)(C)C)c1c(C)cc2c(F)c(Cl)ccc2c1-c1ccc2c3c(ccnc13)CCO2. The Bertz CT molecular complexity index is 1530. The van der Waals surface area contributed by atoms with E-state index in [2.05, 4.69) is 0 Å². The fraction of sp³-hybridized carbons (Fsp3) is 0.333. The van der Waals surface area contributed by atoms with Crippen LogP contribution in [0.25, 0.3) is 32.8 Å². The van der Waals surface area contributed by atoms with Crippen LogP contribution >= 0.6 is 11.6 Å². The molecule has 192 valence electrons. The minimum absolute atomic E-state index is 0.0295. The maximum absolute atomic E-state index is 15.4. The minimum Gasteiger partial charge on any atom is -0.493 e. The fourth-order valence-corrected chi connectivity index (χ4v) is 5.25. The van der Waals surface area contributed by atoms with Gasteiger partial charge >= 0.3 is 5.97 Å². The molecule has 1 aliphatic heterocycles. The molecule has 4 aromatic rings. The van der Waals surface area contributed by atoms with Crippen molar-refractivity contribution in [2.45, 2.75) is 52.7 Å². The van der Waals surface area contributed by atoms with Gasteiger partial charge in [0.2, 0.25) is 0 Å². The predicted molar refractivity (Wildman–Crippen MR) is 144 cm³/mol. The number of fused-ring (bicyclic) bond motifs is 1. The summed E-state index contributed by atoms with van der Waals surface area (Å²) >= 11 is 6.18. The standard InChI is InChI=1S/C30H29ClFNO4/c1-6-35-29(34)28(37-30(3,4)5)23-16(2)15-20-18(7-9-21(31)26(20)32)25(23)19-8-10-22-24-17(12-14-36-22)11-13-33-27(19)24/h7-11,13,15,28H,6,12,14H2,1-5H3/t28-/m0/s1. The number of halogens is 2. The van der Waals surface area contributed by atoms with E-state index >= 15 is 4.39 Å². The van der Waals surface area contributed by atoms with Gasteiger partial charge in [-0.2, -0.15) is 0 Å². The molecular weight excluding hydrogens is 493 g/mol. The van der Waals surface area contributed by atoms with Crippen LogP contribution in [0.2, 0.25) is 5.02 Å². The highest BCUT2D eigenvalue weighted by atomic mass is 35.5. The summed E-state index contributed by atoms with van der Waals surface area (Å²) < 4.78 is 33.1. The molecule has 1 atom stereocenters. The average molecular weight is 522 g/mol. The third-order valence-electron chi connectivity index (χ3n) is 6.53. The van der Waals surface area contributed by atoms with Crippen molar-refractivity contribution in [2.24, 2.45) is 0 Å². The average Bonchev–Trinajstić information content (AvgIpc) is 2.85. The van der Waals surface area contributed by atoms with Crippen molar-refractivity contribution in [3.8, 4) is 16.9 Å². The Balaban J connectivity index is 1.92. The van der Waals surface area contributed by atoms with E-state index in [0.717, 1.165) is 34.2 Å². The van der Waals surface area contributed by atoms with Crippen LogP contribution in [0, 0.1) is 12.7 Å². The summed E-state index contributed by atoms with van der Waals surface area (Å²) in [5.41, 5.74) is 3.90. The van der Waals surface area contributed by atoms with E-state index in [1.54, 1.807) is 25.3 Å². The zero-order chi connectivity index (χ0) is 26.5. The number of aromatic nitrogens is 1. The van der Waals surface area contributed by atoms with Crippen molar-refractivity contribution in [1.82, 2.24) is 4.98 Å². The van der Waals surface area contributed by atoms with Crippen molar-refractivity contribution in [1.29, 1.82) is 0 Å². The van der Waals surface area contributed by atoms with Crippen molar-refractivity contribution < 1.29 is 23.4 Å². The van der Waals surface area contributed by atoms with Gasteiger partial charge in [-0.05, 0) is 87.0 Å². The highest BCUT2D eigenvalue weighted by Gasteiger charge is 2.34. The number of carbonyl (C=O) groups excluding carboxylic acids is 1. The van der Waals surface area contributed by atoms with Gasteiger partial charge in [-0.3, -0.25) is 4.98 Å². The van der Waals surface area contributed by atoms with E-state index in [9.17, 15) is 4.79 Å². The number of hydrogen-bond acceptors (Lipinski definition) is 5. The molecule has 37 heavy (non-hydrogen) atoms. The van der Waals surface area contributed by atoms with Gasteiger partial charge in [0.05, 0.1) is 29.4 Å². The summed E-state index contributed by atoms with van der Waals surface area (Å²) in [7, 11) is 0. The molecule has 0 fully saturated rings. The highest BCUT2D eigenvalue weighted by Crippen LogP contribution is 2.46. The minimum atomic E-state index is -1.04. The number of ether oxygens (including phenoxy) is 3. The normalized spacial score (nSPS) is 14.0. The zero-order valence-electron chi connectivity index (χ0n) is 21.6. The first kappa shape index (κ1) is 25.4. The summed E-state index contributed by atoms with van der Waals surface area (Å²) in [6.45, 7) is 10.1. The Labute approximate surface area is 220 Å². The molecule has 1 aliphatic rings. The third kappa shape index (κ3) is 4.53. The molecule has 0 unspecified atom stereocenters. The Morgan fingerprint density at radius 1 is 1.19 bits per heavy atom. The van der Waals surface area contributed by atoms with Gasteiger partial charge in [0.1, 0.15) is 11.6 Å². The third-order valence-corrected chi connectivity index (χ3v) is 6.82. The molecule has 0 spiro atoms. The largest absolute Gasteiger partial charge is 0.493 e. The topological polar surface area (TPSA) is 57.7 Å². The number of rotatable bonds is 5. The summed E-state index contributed by atoms with van der Waals surface area (Å²) in [6, 6.07) is 10.9. The van der Waals surface area contributed by atoms with Crippen LogP contribution in [0.3, 0.4) is 0 Å². The number of hydrogen-bond donors (Lipinski definition) is 0. The molecule has 0 amide bonds. The molecule has 3 aromatic carbocycles. The van der Waals surface area contributed by atoms with E-state index < -0.39 is 23.5 Å². The molecule has 5 nitrogen and oxygen atoms in total. The maximum atomic E-state index is 15.4. The van der Waals surface area contributed by atoms with Gasteiger partial charge in [0.15, 0.2) is 6.10 Å². The Hall–Kier alpha value is -3.22. The molecule has 0 N–H and O–H groups in total. The van der Waals surface area contributed by atoms with Crippen LogP contribution in [-0.2, 0) is 20.7 Å². The van der Waals surface area contributed by atoms with Crippen molar-refractivity contribution in [3.63, 3.8) is 0 Å². The summed E-state index contributed by atoms with van der Waals surface area (Å²) in [5.74, 6) is -0.262. The van der Waals surface area contributed by atoms with Crippen molar-refractivity contribution in [3.05, 3.63) is 70.1 Å². The molecule has 0 saturated heterocycles. The second-order valence-electron chi connectivity index (χ2n) is 10.2. The van der Waals surface area contributed by atoms with Gasteiger partial charge in [-0.25, -0.2) is 9.18 Å². The van der Waals surface area contributed by atoms with Crippen LogP contribution < -0.4 is 4.74 Å². The number of aryl methyl sites for hydroxylation is 1. The van der Waals surface area contributed by atoms with Gasteiger partial charge in [0, 0.05) is 34.5 Å². The maximum Gasteiger partial charge on any atom is 0.339 e. The van der Waals surface area contributed by atoms with Crippen LogP contribution in [0.15, 0.2) is 42.6 Å². The number of carbonyl (C=O) groups is 1. The van der Waals surface area contributed by atoms with Gasteiger partial charge in [0.25, 0.3) is 0 Å². The first-order valence-electron chi connectivity index (χ1n) is 12.4. The molecule has 0 bridgehead atoms. The molecule has 0 radical (unpaired) electrons. The number of benzene rings is 3. The number of esters is 1.